The maximum Gasteiger partial charge on any atom is 0.225 e. The van der Waals surface area contributed by atoms with Crippen LogP contribution in [0.15, 0.2) is 0 Å². The number of nitrogens with zero attached hydrogens (tertiary/aromatic N) is 2. The topological polar surface area (TPSA) is 60.9 Å². The van der Waals surface area contributed by atoms with Gasteiger partial charge in [-0.3, -0.25) is 9.59 Å². The van der Waals surface area contributed by atoms with Crippen molar-refractivity contribution >= 4 is 11.8 Å². The molecule has 1 aliphatic carbocycles. The van der Waals surface area contributed by atoms with Gasteiger partial charge in [0.2, 0.25) is 11.8 Å². The van der Waals surface area contributed by atoms with Gasteiger partial charge in [-0.2, -0.15) is 0 Å². The summed E-state index contributed by atoms with van der Waals surface area (Å²) < 4.78 is 0. The minimum Gasteiger partial charge on any atom is -0.389 e. The summed E-state index contributed by atoms with van der Waals surface area (Å²) in [5.41, 5.74) is -0.766. The Balaban J connectivity index is 1.41. The van der Waals surface area contributed by atoms with Crippen LogP contribution in [0.4, 0.5) is 0 Å². The Morgan fingerprint density at radius 3 is 2.04 bits per heavy atom. The van der Waals surface area contributed by atoms with E-state index in [1.54, 1.807) is 0 Å². The molecule has 3 fully saturated rings. The molecule has 5 heteroatoms. The van der Waals surface area contributed by atoms with Gasteiger partial charge in [0.05, 0.1) is 12.0 Å². The number of hydrogen-bond acceptors (Lipinski definition) is 3. The van der Waals surface area contributed by atoms with E-state index in [1.807, 2.05) is 9.80 Å². The minimum atomic E-state index is -0.766. The van der Waals surface area contributed by atoms with Crippen LogP contribution in [-0.2, 0) is 9.59 Å². The van der Waals surface area contributed by atoms with Gasteiger partial charge in [-0.1, -0.05) is 19.3 Å². The first-order chi connectivity index (χ1) is 11.6. The van der Waals surface area contributed by atoms with E-state index in [-0.39, 0.29) is 12.3 Å². The molecule has 136 valence electrons. The van der Waals surface area contributed by atoms with Crippen molar-refractivity contribution in [2.45, 2.75) is 76.2 Å². The van der Waals surface area contributed by atoms with Gasteiger partial charge in [0, 0.05) is 32.6 Å². The standard InChI is InChI=1S/C19H32N2O3/c22-17(20-10-4-5-11-20)14-16-6-12-21(13-7-16)18(23)15-19(24)8-2-1-3-9-19/h16,24H,1-15H2. The van der Waals surface area contributed by atoms with Gasteiger partial charge < -0.3 is 14.9 Å². The predicted octanol–water partition coefficient (Wildman–Crippen LogP) is 2.32. The van der Waals surface area contributed by atoms with Crippen molar-refractivity contribution in [1.82, 2.24) is 9.80 Å². The Labute approximate surface area is 145 Å². The number of likely N-dealkylation sites (tertiary alicyclic amines) is 2. The average molecular weight is 336 g/mol. The fourth-order valence-electron chi connectivity index (χ4n) is 4.51. The lowest BCUT2D eigenvalue weighted by atomic mass is 9.82. The van der Waals surface area contributed by atoms with Crippen molar-refractivity contribution in [3.63, 3.8) is 0 Å². The largest absolute Gasteiger partial charge is 0.389 e. The predicted molar refractivity (Wildman–Crippen MR) is 92.4 cm³/mol. The molecule has 0 unspecified atom stereocenters. The lowest BCUT2D eigenvalue weighted by Gasteiger charge is -2.36. The maximum absolute atomic E-state index is 12.5. The summed E-state index contributed by atoms with van der Waals surface area (Å²) in [7, 11) is 0. The van der Waals surface area contributed by atoms with E-state index < -0.39 is 5.60 Å². The van der Waals surface area contributed by atoms with E-state index in [0.29, 0.717) is 18.2 Å². The second-order valence-electron chi connectivity index (χ2n) is 8.08. The normalized spacial score (nSPS) is 25.0. The molecular formula is C19H32N2O3. The second-order valence-corrected chi connectivity index (χ2v) is 8.08. The maximum atomic E-state index is 12.5. The second kappa shape index (κ2) is 7.85. The average Bonchev–Trinajstić information content (AvgIpc) is 3.10. The molecule has 2 amide bonds. The van der Waals surface area contributed by atoms with Crippen LogP contribution in [0, 0.1) is 5.92 Å². The summed E-state index contributed by atoms with van der Waals surface area (Å²) >= 11 is 0. The van der Waals surface area contributed by atoms with Crippen LogP contribution in [0.5, 0.6) is 0 Å². The Hall–Kier alpha value is -1.10. The fourth-order valence-corrected chi connectivity index (χ4v) is 4.51. The number of carbonyl (C=O) groups is 2. The molecular weight excluding hydrogens is 304 g/mol. The Bertz CT molecular complexity index is 446. The first-order valence-corrected chi connectivity index (χ1v) is 9.84. The van der Waals surface area contributed by atoms with Gasteiger partial charge >= 0.3 is 0 Å². The van der Waals surface area contributed by atoms with Crippen LogP contribution < -0.4 is 0 Å². The van der Waals surface area contributed by atoms with Crippen molar-refractivity contribution < 1.29 is 14.7 Å². The fraction of sp³-hybridized carbons (Fsp3) is 0.895. The quantitative estimate of drug-likeness (QED) is 0.857. The zero-order valence-corrected chi connectivity index (χ0v) is 14.8. The van der Waals surface area contributed by atoms with Crippen LogP contribution in [0.2, 0.25) is 0 Å². The molecule has 2 heterocycles. The zero-order chi connectivity index (χ0) is 17.0. The van der Waals surface area contributed by atoms with Crippen LogP contribution in [-0.4, -0.2) is 58.5 Å². The molecule has 24 heavy (non-hydrogen) atoms. The molecule has 5 nitrogen and oxygen atoms in total. The number of rotatable bonds is 4. The highest BCUT2D eigenvalue weighted by Crippen LogP contribution is 2.32. The summed E-state index contributed by atoms with van der Waals surface area (Å²) in [6, 6.07) is 0. The smallest absolute Gasteiger partial charge is 0.225 e. The molecule has 0 aromatic heterocycles. The number of hydrogen-bond donors (Lipinski definition) is 1. The van der Waals surface area contributed by atoms with E-state index in [0.717, 1.165) is 77.5 Å². The third-order valence-electron chi connectivity index (χ3n) is 6.15. The van der Waals surface area contributed by atoms with Crippen LogP contribution in [0.3, 0.4) is 0 Å². The van der Waals surface area contributed by atoms with Gasteiger partial charge in [-0.05, 0) is 44.4 Å². The molecule has 0 spiro atoms. The van der Waals surface area contributed by atoms with Gasteiger partial charge in [0.15, 0.2) is 0 Å². The minimum absolute atomic E-state index is 0.101. The van der Waals surface area contributed by atoms with Crippen molar-refractivity contribution in [2.75, 3.05) is 26.2 Å². The SMILES string of the molecule is O=C(CC1CCN(C(=O)CC2(O)CCCCC2)CC1)N1CCCC1. The van der Waals surface area contributed by atoms with E-state index >= 15 is 0 Å². The zero-order valence-electron chi connectivity index (χ0n) is 14.8. The molecule has 0 aromatic rings. The molecule has 2 aliphatic heterocycles. The summed E-state index contributed by atoms with van der Waals surface area (Å²) in [5, 5.41) is 10.6. The van der Waals surface area contributed by atoms with Crippen LogP contribution >= 0.6 is 0 Å². The Morgan fingerprint density at radius 1 is 0.833 bits per heavy atom. The molecule has 1 N–H and O–H groups in total. The molecule has 0 atom stereocenters. The highest BCUT2D eigenvalue weighted by atomic mass is 16.3. The molecule has 3 rings (SSSR count). The number of aliphatic hydroxyl groups is 1. The van der Waals surface area contributed by atoms with Crippen molar-refractivity contribution in [3.05, 3.63) is 0 Å². The molecule has 3 aliphatic rings. The number of amides is 2. The third-order valence-corrected chi connectivity index (χ3v) is 6.15. The highest BCUT2D eigenvalue weighted by Gasteiger charge is 2.34. The van der Waals surface area contributed by atoms with Crippen molar-refractivity contribution in [1.29, 1.82) is 0 Å². The van der Waals surface area contributed by atoms with Gasteiger partial charge in [0.1, 0.15) is 0 Å². The Morgan fingerprint density at radius 2 is 1.42 bits per heavy atom. The number of carbonyl (C=O) groups excluding carboxylic acids is 2. The molecule has 0 bridgehead atoms. The lowest BCUT2D eigenvalue weighted by molar-refractivity contribution is -0.139. The molecule has 2 saturated heterocycles. The molecule has 0 radical (unpaired) electrons. The number of piperidine rings is 1. The first kappa shape index (κ1) is 17.7. The van der Waals surface area contributed by atoms with Crippen LogP contribution in [0.25, 0.3) is 0 Å². The van der Waals surface area contributed by atoms with Crippen LogP contribution in [0.1, 0.15) is 70.6 Å². The van der Waals surface area contributed by atoms with E-state index in [2.05, 4.69) is 0 Å². The van der Waals surface area contributed by atoms with Gasteiger partial charge in [0.25, 0.3) is 0 Å². The van der Waals surface area contributed by atoms with Gasteiger partial charge in [-0.15, -0.1) is 0 Å². The third kappa shape index (κ3) is 4.50. The van der Waals surface area contributed by atoms with E-state index in [1.165, 1.54) is 6.42 Å². The highest BCUT2D eigenvalue weighted by molar-refractivity contribution is 5.78. The van der Waals surface area contributed by atoms with E-state index in [9.17, 15) is 14.7 Å². The summed E-state index contributed by atoms with van der Waals surface area (Å²) in [4.78, 5) is 28.6. The summed E-state index contributed by atoms with van der Waals surface area (Å²) in [6.45, 7) is 3.34. The van der Waals surface area contributed by atoms with E-state index in [4.69, 9.17) is 0 Å². The molecule has 0 aromatic carbocycles. The van der Waals surface area contributed by atoms with Gasteiger partial charge in [-0.25, -0.2) is 0 Å². The lowest BCUT2D eigenvalue weighted by Crippen LogP contribution is -2.44. The van der Waals surface area contributed by atoms with Crippen molar-refractivity contribution in [3.8, 4) is 0 Å². The summed E-state index contributed by atoms with van der Waals surface area (Å²) in [6.07, 6.45) is 9.81. The van der Waals surface area contributed by atoms with Crippen molar-refractivity contribution in [2.24, 2.45) is 5.92 Å². The Kier molecular flexibility index (Phi) is 5.80. The molecule has 1 saturated carbocycles. The monoisotopic (exact) mass is 336 g/mol. The first-order valence-electron chi connectivity index (χ1n) is 9.84. The summed E-state index contributed by atoms with van der Waals surface area (Å²) in [5.74, 6) is 0.817.